The van der Waals surface area contributed by atoms with E-state index < -0.39 is 0 Å². The summed E-state index contributed by atoms with van der Waals surface area (Å²) in [7, 11) is 0. The zero-order chi connectivity index (χ0) is 19.2. The summed E-state index contributed by atoms with van der Waals surface area (Å²) in [5, 5.41) is 0. The van der Waals surface area contributed by atoms with E-state index in [2.05, 4.69) is 24.3 Å². The van der Waals surface area contributed by atoms with Crippen LogP contribution in [0.2, 0.25) is 0 Å². The van der Waals surface area contributed by atoms with Gasteiger partial charge in [-0.3, -0.25) is 4.79 Å². The number of ether oxygens (including phenoxy) is 2. The molecule has 1 aromatic rings. The van der Waals surface area contributed by atoms with E-state index in [-0.39, 0.29) is 18.0 Å². The average Bonchev–Trinajstić information content (AvgIpc) is 3.00. The van der Waals surface area contributed by atoms with E-state index in [1.807, 2.05) is 13.0 Å². The molecular weight excluding hydrogens is 336 g/mol. The number of hydrogen-bond donors (Lipinski definition) is 0. The fraction of sp³-hybridized carbons (Fsp3) is 0.708. The molecule has 1 fully saturated rings. The van der Waals surface area contributed by atoms with Crippen LogP contribution in [0, 0.1) is 5.92 Å². The van der Waals surface area contributed by atoms with Crippen molar-refractivity contribution in [2.24, 2.45) is 5.92 Å². The van der Waals surface area contributed by atoms with Crippen molar-refractivity contribution >= 4 is 5.97 Å². The van der Waals surface area contributed by atoms with Gasteiger partial charge in [0, 0.05) is 6.61 Å². The van der Waals surface area contributed by atoms with Gasteiger partial charge in [-0.1, -0.05) is 88.1 Å². The zero-order valence-electron chi connectivity index (χ0n) is 17.2. The minimum absolute atomic E-state index is 0.0352. The zero-order valence-corrected chi connectivity index (χ0v) is 17.2. The molecular formula is C24H38O3. The molecule has 0 bridgehead atoms. The Labute approximate surface area is 165 Å². The molecule has 1 aliphatic heterocycles. The third kappa shape index (κ3) is 9.95. The second kappa shape index (κ2) is 13.8. The predicted octanol–water partition coefficient (Wildman–Crippen LogP) is 6.45. The molecule has 2 atom stereocenters. The van der Waals surface area contributed by atoms with Crippen molar-refractivity contribution in [1.29, 1.82) is 0 Å². The number of rotatable bonds is 15. The molecule has 2 rings (SSSR count). The lowest BCUT2D eigenvalue weighted by Gasteiger charge is -2.06. The molecule has 0 spiro atoms. The normalized spacial score (nSPS) is 19.4. The van der Waals surface area contributed by atoms with Gasteiger partial charge < -0.3 is 9.47 Å². The molecule has 0 aromatic heterocycles. The molecule has 1 aromatic carbocycles. The number of carbonyl (C=O) groups is 1. The molecule has 3 nitrogen and oxygen atoms in total. The highest BCUT2D eigenvalue weighted by molar-refractivity contribution is 5.74. The highest BCUT2D eigenvalue weighted by Gasteiger charge is 2.30. The van der Waals surface area contributed by atoms with Crippen molar-refractivity contribution in [3.05, 3.63) is 35.9 Å². The fourth-order valence-corrected chi connectivity index (χ4v) is 3.85. The SMILES string of the molecule is C[C@H]1CC(CCCCCCCCCCCCOCc2ccccc2)C(=O)O1. The average molecular weight is 375 g/mol. The Kier molecular flexibility index (Phi) is 11.2. The molecule has 27 heavy (non-hydrogen) atoms. The maximum Gasteiger partial charge on any atom is 0.309 e. The number of hydrogen-bond acceptors (Lipinski definition) is 3. The van der Waals surface area contributed by atoms with Crippen LogP contribution in [0.4, 0.5) is 0 Å². The molecule has 1 aliphatic rings. The summed E-state index contributed by atoms with van der Waals surface area (Å²) in [6, 6.07) is 10.4. The monoisotopic (exact) mass is 374 g/mol. The Balaban J connectivity index is 1.28. The van der Waals surface area contributed by atoms with E-state index in [0.717, 1.165) is 26.1 Å². The number of esters is 1. The third-order valence-corrected chi connectivity index (χ3v) is 5.47. The summed E-state index contributed by atoms with van der Waals surface area (Å²) in [6.07, 6.45) is 15.0. The van der Waals surface area contributed by atoms with E-state index in [0.29, 0.717) is 0 Å². The van der Waals surface area contributed by atoms with Crippen molar-refractivity contribution in [2.45, 2.75) is 96.7 Å². The van der Waals surface area contributed by atoms with Crippen molar-refractivity contribution in [2.75, 3.05) is 6.61 Å². The molecule has 0 saturated carbocycles. The molecule has 1 heterocycles. The van der Waals surface area contributed by atoms with Crippen molar-refractivity contribution in [3.63, 3.8) is 0 Å². The van der Waals surface area contributed by atoms with Gasteiger partial charge in [-0.25, -0.2) is 0 Å². The summed E-state index contributed by atoms with van der Waals surface area (Å²) in [6.45, 7) is 3.61. The van der Waals surface area contributed by atoms with Crippen LogP contribution in [0.15, 0.2) is 30.3 Å². The van der Waals surface area contributed by atoms with Gasteiger partial charge >= 0.3 is 5.97 Å². The van der Waals surface area contributed by atoms with Crippen molar-refractivity contribution < 1.29 is 14.3 Å². The first kappa shape index (κ1) is 21.9. The first-order valence-corrected chi connectivity index (χ1v) is 11.1. The molecule has 0 radical (unpaired) electrons. The lowest BCUT2D eigenvalue weighted by molar-refractivity contribution is -0.143. The minimum atomic E-state index is 0.0352. The topological polar surface area (TPSA) is 35.5 Å². The van der Waals surface area contributed by atoms with E-state index >= 15 is 0 Å². The second-order valence-electron chi connectivity index (χ2n) is 8.04. The van der Waals surface area contributed by atoms with Gasteiger partial charge in [0.15, 0.2) is 0 Å². The van der Waals surface area contributed by atoms with Gasteiger partial charge in [-0.15, -0.1) is 0 Å². The highest BCUT2D eigenvalue weighted by Crippen LogP contribution is 2.26. The predicted molar refractivity (Wildman–Crippen MR) is 111 cm³/mol. The van der Waals surface area contributed by atoms with E-state index in [1.165, 1.54) is 69.8 Å². The number of benzene rings is 1. The summed E-state index contributed by atoms with van der Waals surface area (Å²) in [5.41, 5.74) is 1.26. The van der Waals surface area contributed by atoms with Crippen LogP contribution in [0.5, 0.6) is 0 Å². The number of cyclic esters (lactones) is 1. The molecule has 1 unspecified atom stereocenters. The highest BCUT2D eigenvalue weighted by atomic mass is 16.5. The Morgan fingerprint density at radius 2 is 1.48 bits per heavy atom. The third-order valence-electron chi connectivity index (χ3n) is 5.47. The van der Waals surface area contributed by atoms with Crippen molar-refractivity contribution in [1.82, 2.24) is 0 Å². The van der Waals surface area contributed by atoms with Gasteiger partial charge in [0.1, 0.15) is 0 Å². The number of carbonyl (C=O) groups excluding carboxylic acids is 1. The van der Waals surface area contributed by atoms with Crippen molar-refractivity contribution in [3.8, 4) is 0 Å². The lowest BCUT2D eigenvalue weighted by Crippen LogP contribution is -2.07. The smallest absolute Gasteiger partial charge is 0.309 e. The van der Waals surface area contributed by atoms with Gasteiger partial charge in [-0.2, -0.15) is 0 Å². The first-order chi connectivity index (χ1) is 13.3. The Morgan fingerprint density at radius 1 is 0.889 bits per heavy atom. The van der Waals surface area contributed by atoms with Crippen LogP contribution in [0.1, 0.15) is 89.5 Å². The van der Waals surface area contributed by atoms with Gasteiger partial charge in [0.2, 0.25) is 0 Å². The van der Waals surface area contributed by atoms with Crippen LogP contribution < -0.4 is 0 Å². The fourth-order valence-electron chi connectivity index (χ4n) is 3.85. The standard InChI is InChI=1S/C24H38O3/c1-21-19-23(24(25)27-21)17-13-8-6-4-2-3-5-7-9-14-18-26-20-22-15-11-10-12-16-22/h10-12,15-16,21,23H,2-9,13-14,17-20H2,1H3/t21-,23?/m0/s1. The van der Waals surface area contributed by atoms with Crippen LogP contribution >= 0.6 is 0 Å². The van der Waals surface area contributed by atoms with Crippen LogP contribution in [-0.2, 0) is 20.9 Å². The van der Waals surface area contributed by atoms with Gasteiger partial charge in [0.05, 0.1) is 18.6 Å². The summed E-state index contributed by atoms with van der Waals surface area (Å²) >= 11 is 0. The second-order valence-corrected chi connectivity index (χ2v) is 8.04. The van der Waals surface area contributed by atoms with Crippen LogP contribution in [0.25, 0.3) is 0 Å². The number of unbranched alkanes of at least 4 members (excludes halogenated alkanes) is 9. The lowest BCUT2D eigenvalue weighted by atomic mass is 9.97. The van der Waals surface area contributed by atoms with Gasteiger partial charge in [0.25, 0.3) is 0 Å². The Hall–Kier alpha value is -1.35. The van der Waals surface area contributed by atoms with E-state index in [4.69, 9.17) is 9.47 Å². The summed E-state index contributed by atoms with van der Waals surface area (Å²) < 4.78 is 10.9. The van der Waals surface area contributed by atoms with Crippen LogP contribution in [-0.4, -0.2) is 18.7 Å². The van der Waals surface area contributed by atoms with Crippen LogP contribution in [0.3, 0.4) is 0 Å². The maximum atomic E-state index is 11.6. The molecule has 152 valence electrons. The molecule has 0 N–H and O–H groups in total. The quantitative estimate of drug-likeness (QED) is 0.261. The molecule has 1 saturated heterocycles. The van der Waals surface area contributed by atoms with Gasteiger partial charge in [-0.05, 0) is 31.7 Å². The Morgan fingerprint density at radius 3 is 2.07 bits per heavy atom. The molecule has 0 aliphatic carbocycles. The molecule has 3 heteroatoms. The van der Waals surface area contributed by atoms with E-state index in [1.54, 1.807) is 0 Å². The minimum Gasteiger partial charge on any atom is -0.462 e. The summed E-state index contributed by atoms with van der Waals surface area (Å²) in [5.74, 6) is 0.213. The summed E-state index contributed by atoms with van der Waals surface area (Å²) in [4.78, 5) is 11.6. The Bertz CT molecular complexity index is 500. The first-order valence-electron chi connectivity index (χ1n) is 11.1. The van der Waals surface area contributed by atoms with E-state index in [9.17, 15) is 4.79 Å². The maximum absolute atomic E-state index is 11.6. The largest absolute Gasteiger partial charge is 0.462 e. The molecule has 0 amide bonds.